The lowest BCUT2D eigenvalue weighted by Gasteiger charge is -2.41. The first-order valence-corrected chi connectivity index (χ1v) is 10.9. The van der Waals surface area contributed by atoms with Crippen LogP contribution in [0.1, 0.15) is 31.5 Å². The van der Waals surface area contributed by atoms with Gasteiger partial charge in [0.1, 0.15) is 11.3 Å². The maximum atomic E-state index is 12.6. The molecule has 1 amide bonds. The van der Waals surface area contributed by atoms with Gasteiger partial charge in [0.15, 0.2) is 5.58 Å². The fourth-order valence-corrected chi connectivity index (χ4v) is 4.67. The number of likely N-dealkylation sites (tertiary alicyclic amines) is 1. The fraction of sp³-hybridized carbons (Fsp3) is 0.524. The Morgan fingerprint density at radius 1 is 1.19 bits per heavy atom. The molecule has 0 aliphatic carbocycles. The molecule has 2 aliphatic heterocycles. The van der Waals surface area contributed by atoms with Crippen molar-refractivity contribution in [2.75, 3.05) is 31.1 Å². The summed E-state index contributed by atoms with van der Waals surface area (Å²) in [6.07, 6.45) is 3.97. The molecule has 164 valence electrons. The number of anilines is 1. The first-order valence-electron chi connectivity index (χ1n) is 10.9. The third kappa shape index (κ3) is 4.34. The molecule has 3 N–H and O–H groups in total. The number of rotatable bonds is 5. The Bertz CT molecular complexity index is 1060. The minimum absolute atomic E-state index is 0.0254. The van der Waals surface area contributed by atoms with Gasteiger partial charge in [-0.05, 0) is 44.4 Å². The van der Waals surface area contributed by atoms with Gasteiger partial charge in [-0.2, -0.15) is 10.1 Å². The molecule has 5 rings (SSSR count). The summed E-state index contributed by atoms with van der Waals surface area (Å²) in [6.45, 7) is 3.84. The monoisotopic (exact) mass is 425 g/mol. The van der Waals surface area contributed by atoms with Gasteiger partial charge in [0.25, 0.3) is 6.01 Å². The molecule has 2 fully saturated rings. The molecule has 4 heterocycles. The topological polar surface area (TPSA) is 123 Å². The minimum atomic E-state index is -0.364. The van der Waals surface area contributed by atoms with Crippen molar-refractivity contribution in [1.29, 1.82) is 0 Å². The highest BCUT2D eigenvalue weighted by Gasteiger charge is 2.32. The Kier molecular flexibility index (Phi) is 5.46. The van der Waals surface area contributed by atoms with E-state index in [2.05, 4.69) is 35.3 Å². The predicted molar refractivity (Wildman–Crippen MR) is 115 cm³/mol. The van der Waals surface area contributed by atoms with E-state index in [9.17, 15) is 9.59 Å². The first-order chi connectivity index (χ1) is 15.2. The van der Waals surface area contributed by atoms with Gasteiger partial charge < -0.3 is 14.6 Å². The second-order valence-electron chi connectivity index (χ2n) is 8.36. The highest BCUT2D eigenvalue weighted by molar-refractivity contribution is 5.78. The van der Waals surface area contributed by atoms with Gasteiger partial charge in [0, 0.05) is 25.7 Å². The zero-order valence-corrected chi connectivity index (χ0v) is 17.3. The number of carbonyl (C=O) groups is 1. The van der Waals surface area contributed by atoms with Crippen molar-refractivity contribution in [2.45, 2.75) is 38.3 Å². The smallest absolute Gasteiger partial charge is 0.340 e. The normalized spacial score (nSPS) is 20.9. The number of nitrogens with one attached hydrogen (secondary N) is 3. The van der Waals surface area contributed by atoms with Crippen molar-refractivity contribution < 1.29 is 9.21 Å². The number of nitrogens with zero attached hydrogens (tertiary/aromatic N) is 4. The molecule has 10 nitrogen and oxygen atoms in total. The average molecular weight is 425 g/mol. The minimum Gasteiger partial charge on any atom is -0.423 e. The van der Waals surface area contributed by atoms with E-state index in [0.29, 0.717) is 17.9 Å². The number of hydrogen-bond donors (Lipinski definition) is 3. The number of amides is 1. The Labute approximate surface area is 179 Å². The summed E-state index contributed by atoms with van der Waals surface area (Å²) in [5.74, 6) is 0.435. The number of aromatic amines is 2. The summed E-state index contributed by atoms with van der Waals surface area (Å²) in [5.41, 5.74) is 1.35. The Balaban J connectivity index is 1.14. The van der Waals surface area contributed by atoms with Gasteiger partial charge in [-0.1, -0.05) is 12.1 Å². The van der Waals surface area contributed by atoms with E-state index >= 15 is 0 Å². The van der Waals surface area contributed by atoms with Crippen molar-refractivity contribution in [3.63, 3.8) is 0 Å². The Morgan fingerprint density at radius 2 is 2.03 bits per heavy atom. The van der Waals surface area contributed by atoms with Crippen molar-refractivity contribution in [1.82, 2.24) is 30.4 Å². The average Bonchev–Trinajstić information content (AvgIpc) is 3.43. The van der Waals surface area contributed by atoms with Gasteiger partial charge in [0.05, 0.1) is 12.5 Å². The van der Waals surface area contributed by atoms with Gasteiger partial charge in [0.2, 0.25) is 5.91 Å². The van der Waals surface area contributed by atoms with Crippen molar-refractivity contribution in [3.8, 4) is 0 Å². The molecule has 0 saturated carbocycles. The van der Waals surface area contributed by atoms with Crippen molar-refractivity contribution in [3.05, 3.63) is 40.6 Å². The third-order valence-corrected chi connectivity index (χ3v) is 6.34. The SMILES string of the molecule is O=C(NCc1n[nH]c(=O)[nH]1)C1CCCN(C2CCN(c3nc4ccccc4o3)CC2)C1. The molecule has 2 aliphatic rings. The molecule has 0 spiro atoms. The van der Waals surface area contributed by atoms with E-state index in [1.807, 2.05) is 24.3 Å². The summed E-state index contributed by atoms with van der Waals surface area (Å²) < 4.78 is 5.92. The van der Waals surface area contributed by atoms with E-state index in [4.69, 9.17) is 4.42 Å². The summed E-state index contributed by atoms with van der Waals surface area (Å²) in [6, 6.07) is 9.02. The molecule has 1 aromatic carbocycles. The van der Waals surface area contributed by atoms with E-state index in [0.717, 1.165) is 63.0 Å². The number of carbonyl (C=O) groups excluding carboxylic acids is 1. The predicted octanol–water partition coefficient (Wildman–Crippen LogP) is 1.24. The van der Waals surface area contributed by atoms with Crippen molar-refractivity contribution in [2.24, 2.45) is 5.92 Å². The van der Waals surface area contributed by atoms with E-state index in [-0.39, 0.29) is 24.1 Å². The molecular formula is C21H27N7O3. The molecule has 10 heteroatoms. The van der Waals surface area contributed by atoms with Crippen LogP contribution in [-0.4, -0.2) is 63.2 Å². The summed E-state index contributed by atoms with van der Waals surface area (Å²) >= 11 is 0. The third-order valence-electron chi connectivity index (χ3n) is 6.34. The quantitative estimate of drug-likeness (QED) is 0.562. The number of para-hydroxylation sites is 2. The molecule has 2 saturated heterocycles. The maximum Gasteiger partial charge on any atom is 0.340 e. The van der Waals surface area contributed by atoms with Crippen LogP contribution in [-0.2, 0) is 11.3 Å². The standard InChI is InChI=1S/C21H27N7O3/c29-19(22-12-18-24-20(30)26-25-18)14-4-3-9-28(13-14)15-7-10-27(11-8-15)21-23-16-5-1-2-6-17(16)31-21/h1-2,5-6,14-15H,3-4,7-13H2,(H,22,29)(H2,24,25,26,30). The number of piperidine rings is 2. The van der Waals surface area contributed by atoms with Crippen LogP contribution in [0.15, 0.2) is 33.5 Å². The number of H-pyrrole nitrogens is 2. The van der Waals surface area contributed by atoms with Crippen LogP contribution in [0.3, 0.4) is 0 Å². The van der Waals surface area contributed by atoms with Gasteiger partial charge >= 0.3 is 5.69 Å². The van der Waals surface area contributed by atoms with Crippen LogP contribution >= 0.6 is 0 Å². The number of oxazole rings is 1. The maximum absolute atomic E-state index is 12.6. The second kappa shape index (κ2) is 8.54. The summed E-state index contributed by atoms with van der Waals surface area (Å²) in [4.78, 5) is 35.6. The summed E-state index contributed by atoms with van der Waals surface area (Å²) in [7, 11) is 0. The van der Waals surface area contributed by atoms with Crippen LogP contribution < -0.4 is 15.9 Å². The number of benzene rings is 1. The zero-order valence-electron chi connectivity index (χ0n) is 17.3. The van der Waals surface area contributed by atoms with Crippen molar-refractivity contribution >= 4 is 23.0 Å². The first kappa shape index (κ1) is 19.8. The Morgan fingerprint density at radius 3 is 2.81 bits per heavy atom. The molecular weight excluding hydrogens is 398 g/mol. The molecule has 0 radical (unpaired) electrons. The van der Waals surface area contributed by atoms with Gasteiger partial charge in [-0.3, -0.25) is 14.7 Å². The largest absolute Gasteiger partial charge is 0.423 e. The lowest BCUT2D eigenvalue weighted by molar-refractivity contribution is -0.127. The van der Waals surface area contributed by atoms with Gasteiger partial charge in [-0.15, -0.1) is 0 Å². The molecule has 31 heavy (non-hydrogen) atoms. The fourth-order valence-electron chi connectivity index (χ4n) is 4.67. The number of aromatic nitrogens is 4. The van der Waals surface area contributed by atoms with E-state index < -0.39 is 0 Å². The van der Waals surface area contributed by atoms with E-state index in [1.165, 1.54) is 0 Å². The van der Waals surface area contributed by atoms with Crippen LogP contribution in [0, 0.1) is 5.92 Å². The zero-order chi connectivity index (χ0) is 21.2. The van der Waals surface area contributed by atoms with Crippen LogP contribution in [0.2, 0.25) is 0 Å². The highest BCUT2D eigenvalue weighted by Crippen LogP contribution is 2.28. The number of hydrogen-bond acceptors (Lipinski definition) is 7. The molecule has 1 unspecified atom stereocenters. The second-order valence-corrected chi connectivity index (χ2v) is 8.36. The molecule has 1 atom stereocenters. The molecule has 0 bridgehead atoms. The van der Waals surface area contributed by atoms with Crippen LogP contribution in [0.25, 0.3) is 11.1 Å². The molecule has 3 aromatic rings. The van der Waals surface area contributed by atoms with Crippen LogP contribution in [0.4, 0.5) is 6.01 Å². The molecule has 2 aromatic heterocycles. The summed E-state index contributed by atoms with van der Waals surface area (Å²) in [5, 5.41) is 9.04. The lowest BCUT2D eigenvalue weighted by Crippen LogP contribution is -2.50. The number of fused-ring (bicyclic) bond motifs is 1. The lowest BCUT2D eigenvalue weighted by atomic mass is 9.93. The highest BCUT2D eigenvalue weighted by atomic mass is 16.4. The Hall–Kier alpha value is -3.14. The van der Waals surface area contributed by atoms with Gasteiger partial charge in [-0.25, -0.2) is 9.89 Å². The van der Waals surface area contributed by atoms with E-state index in [1.54, 1.807) is 0 Å². The van der Waals surface area contributed by atoms with Crippen LogP contribution in [0.5, 0.6) is 0 Å².